The lowest BCUT2D eigenvalue weighted by atomic mass is 10.1. The van der Waals surface area contributed by atoms with Crippen LogP contribution in [0.3, 0.4) is 0 Å². The number of rotatable bonds is 5. The number of carbonyl (C=O) groups is 1. The second-order valence-corrected chi connectivity index (χ2v) is 7.16. The number of nitrogens with zero attached hydrogens (tertiary/aromatic N) is 2. The van der Waals surface area contributed by atoms with Gasteiger partial charge in [-0.25, -0.2) is 4.98 Å². The third-order valence-electron chi connectivity index (χ3n) is 4.63. The largest absolute Gasteiger partial charge is 0.487 e. The zero-order valence-electron chi connectivity index (χ0n) is 16.8. The molecule has 0 unspecified atom stereocenters. The Balaban J connectivity index is 1.48. The molecule has 0 bridgehead atoms. The van der Waals surface area contributed by atoms with Gasteiger partial charge in [0.2, 0.25) is 0 Å². The molecule has 0 aliphatic carbocycles. The van der Waals surface area contributed by atoms with Crippen molar-refractivity contribution in [2.24, 2.45) is 0 Å². The van der Waals surface area contributed by atoms with Crippen molar-refractivity contribution in [1.82, 2.24) is 9.38 Å². The maximum atomic E-state index is 12.4. The molecule has 0 saturated heterocycles. The van der Waals surface area contributed by atoms with Crippen molar-refractivity contribution in [2.45, 2.75) is 20.5 Å². The second-order valence-electron chi connectivity index (χ2n) is 7.16. The fourth-order valence-electron chi connectivity index (χ4n) is 3.14. The average molecular weight is 399 g/mol. The van der Waals surface area contributed by atoms with Gasteiger partial charge in [0.25, 0.3) is 11.5 Å². The van der Waals surface area contributed by atoms with E-state index >= 15 is 0 Å². The summed E-state index contributed by atoms with van der Waals surface area (Å²) in [4.78, 5) is 29.2. The van der Waals surface area contributed by atoms with E-state index in [0.717, 1.165) is 11.1 Å². The normalized spacial score (nSPS) is 10.7. The molecular formula is C24H21N3O3. The molecule has 4 rings (SSSR count). The summed E-state index contributed by atoms with van der Waals surface area (Å²) >= 11 is 0. The van der Waals surface area contributed by atoms with E-state index in [-0.39, 0.29) is 18.1 Å². The fraction of sp³-hybridized carbons (Fsp3) is 0.125. The number of hydrogen-bond donors (Lipinski definition) is 1. The van der Waals surface area contributed by atoms with E-state index < -0.39 is 0 Å². The van der Waals surface area contributed by atoms with Crippen molar-refractivity contribution in [3.63, 3.8) is 0 Å². The standard InChI is InChI=1S/C24H21N3O3/c1-16-5-3-6-18(11-16)24(29)26-19-7-4-8-21(13-19)30-15-20-14-23(28)27-10-9-17(2)12-22(27)25-20/h3-14H,15H2,1-2H3,(H,26,29). The number of nitrogens with one attached hydrogen (secondary N) is 1. The lowest BCUT2D eigenvalue weighted by molar-refractivity contribution is 0.102. The Bertz CT molecular complexity index is 1290. The molecule has 0 spiro atoms. The smallest absolute Gasteiger partial charge is 0.258 e. The first-order valence-corrected chi connectivity index (χ1v) is 9.58. The minimum Gasteiger partial charge on any atom is -0.487 e. The van der Waals surface area contributed by atoms with Gasteiger partial charge in [-0.2, -0.15) is 0 Å². The summed E-state index contributed by atoms with van der Waals surface area (Å²) in [5.74, 6) is 0.388. The van der Waals surface area contributed by atoms with E-state index in [0.29, 0.717) is 28.3 Å². The van der Waals surface area contributed by atoms with Crippen LogP contribution in [-0.4, -0.2) is 15.3 Å². The summed E-state index contributed by atoms with van der Waals surface area (Å²) in [5.41, 5.74) is 4.24. The first kappa shape index (κ1) is 19.4. The molecule has 0 radical (unpaired) electrons. The molecule has 2 aromatic carbocycles. The summed E-state index contributed by atoms with van der Waals surface area (Å²) in [6, 6.07) is 19.7. The van der Waals surface area contributed by atoms with Crippen LogP contribution in [0.4, 0.5) is 5.69 Å². The molecule has 1 N–H and O–H groups in total. The number of amides is 1. The molecule has 0 saturated carbocycles. The number of anilines is 1. The number of aromatic nitrogens is 2. The lowest BCUT2D eigenvalue weighted by Gasteiger charge is -2.10. The van der Waals surface area contributed by atoms with Crippen LogP contribution in [0.5, 0.6) is 5.75 Å². The summed E-state index contributed by atoms with van der Waals surface area (Å²) in [6.07, 6.45) is 1.71. The maximum absolute atomic E-state index is 12.4. The van der Waals surface area contributed by atoms with Gasteiger partial charge in [-0.3, -0.25) is 14.0 Å². The number of hydrogen-bond acceptors (Lipinski definition) is 4. The minimum atomic E-state index is -0.185. The zero-order chi connectivity index (χ0) is 21.1. The van der Waals surface area contributed by atoms with Crippen LogP contribution < -0.4 is 15.6 Å². The minimum absolute atomic E-state index is 0.148. The van der Waals surface area contributed by atoms with Crippen LogP contribution in [0.15, 0.2) is 77.7 Å². The number of aryl methyl sites for hydroxylation is 2. The molecule has 150 valence electrons. The zero-order valence-corrected chi connectivity index (χ0v) is 16.8. The summed E-state index contributed by atoms with van der Waals surface area (Å²) < 4.78 is 7.31. The van der Waals surface area contributed by atoms with Gasteiger partial charge in [-0.15, -0.1) is 0 Å². The third-order valence-corrected chi connectivity index (χ3v) is 4.63. The highest BCUT2D eigenvalue weighted by molar-refractivity contribution is 6.04. The molecule has 6 nitrogen and oxygen atoms in total. The van der Waals surface area contributed by atoms with Crippen molar-refractivity contribution in [2.75, 3.05) is 5.32 Å². The summed E-state index contributed by atoms with van der Waals surface area (Å²) in [7, 11) is 0. The predicted molar refractivity (Wildman–Crippen MR) is 116 cm³/mol. The van der Waals surface area contributed by atoms with E-state index in [9.17, 15) is 9.59 Å². The molecule has 0 aliphatic rings. The van der Waals surface area contributed by atoms with Crippen LogP contribution in [0.2, 0.25) is 0 Å². The Morgan fingerprint density at radius 3 is 2.63 bits per heavy atom. The van der Waals surface area contributed by atoms with E-state index in [4.69, 9.17) is 4.74 Å². The van der Waals surface area contributed by atoms with Crippen molar-refractivity contribution < 1.29 is 9.53 Å². The van der Waals surface area contributed by atoms with Gasteiger partial charge in [-0.05, 0) is 55.8 Å². The van der Waals surface area contributed by atoms with E-state index in [2.05, 4.69) is 10.3 Å². The van der Waals surface area contributed by atoms with Gasteiger partial charge >= 0.3 is 0 Å². The molecule has 30 heavy (non-hydrogen) atoms. The number of carbonyl (C=O) groups excluding carboxylic acids is 1. The van der Waals surface area contributed by atoms with Gasteiger partial charge in [0.15, 0.2) is 0 Å². The molecule has 2 aromatic heterocycles. The number of benzene rings is 2. The quantitative estimate of drug-likeness (QED) is 0.547. The van der Waals surface area contributed by atoms with Gasteiger partial charge < -0.3 is 10.1 Å². The molecule has 0 aliphatic heterocycles. The topological polar surface area (TPSA) is 72.7 Å². The lowest BCUT2D eigenvalue weighted by Crippen LogP contribution is -2.16. The number of ether oxygens (including phenoxy) is 1. The number of fused-ring (bicyclic) bond motifs is 1. The molecule has 1 amide bonds. The molecule has 4 aromatic rings. The Morgan fingerprint density at radius 1 is 1.00 bits per heavy atom. The monoisotopic (exact) mass is 399 g/mol. The van der Waals surface area contributed by atoms with Crippen molar-refractivity contribution in [3.05, 3.63) is 106 Å². The fourth-order valence-corrected chi connectivity index (χ4v) is 3.14. The third kappa shape index (κ3) is 4.38. The Hall–Kier alpha value is -3.93. The van der Waals surface area contributed by atoms with Crippen LogP contribution in [0.1, 0.15) is 27.2 Å². The summed E-state index contributed by atoms with van der Waals surface area (Å²) in [6.45, 7) is 4.04. The first-order chi connectivity index (χ1) is 14.5. The van der Waals surface area contributed by atoms with Crippen molar-refractivity contribution in [3.8, 4) is 5.75 Å². The van der Waals surface area contributed by atoms with Crippen LogP contribution in [-0.2, 0) is 6.61 Å². The SMILES string of the molecule is Cc1cccc(C(=O)Nc2cccc(OCc3cc(=O)n4ccc(C)cc4n3)c2)c1. The highest BCUT2D eigenvalue weighted by Crippen LogP contribution is 2.19. The van der Waals surface area contributed by atoms with Gasteiger partial charge in [0.1, 0.15) is 18.0 Å². The van der Waals surface area contributed by atoms with Gasteiger partial charge in [-0.1, -0.05) is 23.8 Å². The van der Waals surface area contributed by atoms with Crippen molar-refractivity contribution >= 4 is 17.2 Å². The van der Waals surface area contributed by atoms with Gasteiger partial charge in [0.05, 0.1) is 5.69 Å². The van der Waals surface area contributed by atoms with Crippen molar-refractivity contribution in [1.29, 1.82) is 0 Å². The second kappa shape index (κ2) is 8.21. The Labute approximate surface area is 173 Å². The highest BCUT2D eigenvalue weighted by Gasteiger charge is 2.08. The van der Waals surface area contributed by atoms with Crippen LogP contribution in [0, 0.1) is 13.8 Å². The molecular weight excluding hydrogens is 378 g/mol. The molecule has 2 heterocycles. The van der Waals surface area contributed by atoms with Gasteiger partial charge in [0, 0.05) is 29.6 Å². The predicted octanol–water partition coefficient (Wildman–Crippen LogP) is 4.14. The highest BCUT2D eigenvalue weighted by atomic mass is 16.5. The summed E-state index contributed by atoms with van der Waals surface area (Å²) in [5, 5.41) is 2.88. The molecule has 6 heteroatoms. The average Bonchev–Trinajstić information content (AvgIpc) is 2.72. The van der Waals surface area contributed by atoms with E-state index in [1.807, 2.05) is 44.2 Å². The van der Waals surface area contributed by atoms with E-state index in [1.165, 1.54) is 10.5 Å². The first-order valence-electron chi connectivity index (χ1n) is 9.58. The Kier molecular flexibility index (Phi) is 5.30. The van der Waals surface area contributed by atoms with Crippen LogP contribution >= 0.6 is 0 Å². The molecule has 0 atom stereocenters. The maximum Gasteiger partial charge on any atom is 0.258 e. The molecule has 0 fully saturated rings. The van der Waals surface area contributed by atoms with Crippen LogP contribution in [0.25, 0.3) is 5.65 Å². The van der Waals surface area contributed by atoms with E-state index in [1.54, 1.807) is 36.5 Å². The number of pyridine rings is 1. The Morgan fingerprint density at radius 2 is 1.80 bits per heavy atom.